The first-order valence-electron chi connectivity index (χ1n) is 7.20. The highest BCUT2D eigenvalue weighted by Gasteiger charge is 2.38. The van der Waals surface area contributed by atoms with Gasteiger partial charge >= 0.3 is 12.0 Å². The summed E-state index contributed by atoms with van der Waals surface area (Å²) in [5.41, 5.74) is 1.86. The van der Waals surface area contributed by atoms with E-state index in [1.165, 1.54) is 4.90 Å². The van der Waals surface area contributed by atoms with Crippen LogP contribution in [0, 0.1) is 0 Å². The molecule has 2 heterocycles. The van der Waals surface area contributed by atoms with E-state index in [2.05, 4.69) is 4.90 Å². The maximum Gasteiger partial charge on any atom is 0.326 e. The summed E-state index contributed by atoms with van der Waals surface area (Å²) in [6.45, 7) is 1.84. The van der Waals surface area contributed by atoms with Crippen molar-refractivity contribution in [1.82, 2.24) is 4.90 Å². The fourth-order valence-corrected chi connectivity index (χ4v) is 3.11. The number of fused-ring (bicyclic) bond motifs is 1. The molecule has 2 amide bonds. The van der Waals surface area contributed by atoms with Crippen molar-refractivity contribution in [2.45, 2.75) is 18.9 Å². The van der Waals surface area contributed by atoms with Gasteiger partial charge in [0.25, 0.3) is 0 Å². The molecule has 1 fully saturated rings. The lowest BCUT2D eigenvalue weighted by Crippen LogP contribution is -2.51. The number of likely N-dealkylation sites (tertiary alicyclic amines) is 1. The van der Waals surface area contributed by atoms with E-state index in [4.69, 9.17) is 0 Å². The molecule has 1 N–H and O–H groups in total. The van der Waals surface area contributed by atoms with Crippen molar-refractivity contribution in [1.29, 1.82) is 0 Å². The second-order valence-corrected chi connectivity index (χ2v) is 5.53. The molecule has 1 aromatic rings. The number of para-hydroxylation sites is 2. The average Bonchev–Trinajstić information content (AvgIpc) is 2.97. The van der Waals surface area contributed by atoms with Crippen molar-refractivity contribution in [2.75, 3.05) is 36.5 Å². The van der Waals surface area contributed by atoms with E-state index >= 15 is 0 Å². The van der Waals surface area contributed by atoms with Crippen LogP contribution in [0.25, 0.3) is 0 Å². The molecule has 1 aromatic carbocycles. The third-order valence-electron chi connectivity index (χ3n) is 4.26. The third kappa shape index (κ3) is 2.30. The number of urea groups is 1. The van der Waals surface area contributed by atoms with Crippen molar-refractivity contribution in [3.05, 3.63) is 24.3 Å². The number of carbonyl (C=O) groups is 2. The largest absolute Gasteiger partial charge is 0.480 e. The molecule has 3 rings (SSSR count). The summed E-state index contributed by atoms with van der Waals surface area (Å²) < 4.78 is 0. The van der Waals surface area contributed by atoms with E-state index < -0.39 is 12.0 Å². The first kappa shape index (κ1) is 13.7. The molecule has 1 atom stereocenters. The number of anilines is 2. The molecule has 2 aliphatic heterocycles. The number of carboxylic acids is 1. The van der Waals surface area contributed by atoms with Crippen LogP contribution in [0.2, 0.25) is 0 Å². The summed E-state index contributed by atoms with van der Waals surface area (Å²) >= 11 is 0. The van der Waals surface area contributed by atoms with Crippen LogP contribution in [0.15, 0.2) is 24.3 Å². The van der Waals surface area contributed by atoms with Crippen molar-refractivity contribution in [2.24, 2.45) is 0 Å². The predicted molar refractivity (Wildman–Crippen MR) is 79.8 cm³/mol. The summed E-state index contributed by atoms with van der Waals surface area (Å²) in [7, 11) is 2.00. The topological polar surface area (TPSA) is 64.1 Å². The second kappa shape index (κ2) is 5.27. The highest BCUT2D eigenvalue weighted by Crippen LogP contribution is 2.33. The summed E-state index contributed by atoms with van der Waals surface area (Å²) in [5, 5.41) is 9.25. The lowest BCUT2D eigenvalue weighted by atomic mass is 10.2. The Morgan fingerprint density at radius 3 is 2.57 bits per heavy atom. The number of carbonyl (C=O) groups excluding carboxylic acids is 1. The van der Waals surface area contributed by atoms with E-state index in [-0.39, 0.29) is 6.03 Å². The van der Waals surface area contributed by atoms with Crippen molar-refractivity contribution >= 4 is 23.4 Å². The maximum absolute atomic E-state index is 12.8. The molecule has 1 unspecified atom stereocenters. The van der Waals surface area contributed by atoms with Gasteiger partial charge in [-0.25, -0.2) is 9.59 Å². The average molecular weight is 289 g/mol. The summed E-state index contributed by atoms with van der Waals surface area (Å²) in [4.78, 5) is 29.3. The number of nitrogens with zero attached hydrogens (tertiary/aromatic N) is 3. The minimum atomic E-state index is -0.914. The van der Waals surface area contributed by atoms with Crippen LogP contribution >= 0.6 is 0 Å². The number of carboxylic acid groups (broad SMARTS) is 1. The van der Waals surface area contributed by atoms with Crippen LogP contribution in [0.1, 0.15) is 12.8 Å². The van der Waals surface area contributed by atoms with Crippen LogP contribution in [0.4, 0.5) is 16.2 Å². The van der Waals surface area contributed by atoms with Crippen LogP contribution in [-0.2, 0) is 4.79 Å². The van der Waals surface area contributed by atoms with Crippen LogP contribution in [0.5, 0.6) is 0 Å². The van der Waals surface area contributed by atoms with Gasteiger partial charge in [0, 0.05) is 26.7 Å². The SMILES string of the molecule is CN1CCN(C(=O)N2CCCC2C(=O)O)c2ccccc21. The molecule has 21 heavy (non-hydrogen) atoms. The molecule has 0 spiro atoms. The molecule has 2 aliphatic rings. The molecule has 6 heteroatoms. The van der Waals surface area contributed by atoms with Gasteiger partial charge in [-0.05, 0) is 25.0 Å². The zero-order valence-corrected chi connectivity index (χ0v) is 12.0. The first-order valence-corrected chi connectivity index (χ1v) is 7.20. The molecule has 0 radical (unpaired) electrons. The molecule has 0 bridgehead atoms. The normalized spacial score (nSPS) is 21.4. The lowest BCUT2D eigenvalue weighted by molar-refractivity contribution is -0.141. The predicted octanol–water partition coefficient (Wildman–Crippen LogP) is 1.61. The number of hydrogen-bond acceptors (Lipinski definition) is 3. The summed E-state index contributed by atoms with van der Waals surface area (Å²) in [6.07, 6.45) is 1.29. The maximum atomic E-state index is 12.8. The van der Waals surface area contributed by atoms with Crippen molar-refractivity contribution in [3.8, 4) is 0 Å². The number of likely N-dealkylation sites (N-methyl/N-ethyl adjacent to an activating group) is 1. The Morgan fingerprint density at radius 1 is 1.14 bits per heavy atom. The van der Waals surface area contributed by atoms with Gasteiger partial charge < -0.3 is 14.9 Å². The summed E-state index contributed by atoms with van der Waals surface area (Å²) in [5.74, 6) is -0.914. The summed E-state index contributed by atoms with van der Waals surface area (Å²) in [6, 6.07) is 6.85. The quantitative estimate of drug-likeness (QED) is 0.853. The van der Waals surface area contributed by atoms with Gasteiger partial charge in [-0.3, -0.25) is 4.90 Å². The molecule has 112 valence electrons. The first-order chi connectivity index (χ1) is 10.1. The molecule has 0 aliphatic carbocycles. The van der Waals surface area contributed by atoms with Gasteiger partial charge in [-0.2, -0.15) is 0 Å². The van der Waals surface area contributed by atoms with Gasteiger partial charge in [0.05, 0.1) is 11.4 Å². The van der Waals surface area contributed by atoms with Crippen molar-refractivity contribution in [3.63, 3.8) is 0 Å². The second-order valence-electron chi connectivity index (χ2n) is 5.53. The Labute approximate surface area is 123 Å². The highest BCUT2D eigenvalue weighted by molar-refractivity contribution is 5.98. The number of benzene rings is 1. The molecular weight excluding hydrogens is 270 g/mol. The van der Waals surface area contributed by atoms with Gasteiger partial charge in [0.1, 0.15) is 6.04 Å². The number of aliphatic carboxylic acids is 1. The van der Waals surface area contributed by atoms with E-state index in [9.17, 15) is 14.7 Å². The number of rotatable bonds is 1. The van der Waals surface area contributed by atoms with Gasteiger partial charge in [-0.15, -0.1) is 0 Å². The molecule has 6 nitrogen and oxygen atoms in total. The fourth-order valence-electron chi connectivity index (χ4n) is 3.11. The molecule has 1 saturated heterocycles. The fraction of sp³-hybridized carbons (Fsp3) is 0.467. The lowest BCUT2D eigenvalue weighted by Gasteiger charge is -2.38. The van der Waals surface area contributed by atoms with Crippen LogP contribution < -0.4 is 9.80 Å². The van der Waals surface area contributed by atoms with Crippen LogP contribution in [0.3, 0.4) is 0 Å². The Hall–Kier alpha value is -2.24. The van der Waals surface area contributed by atoms with E-state index in [1.807, 2.05) is 31.3 Å². The van der Waals surface area contributed by atoms with Gasteiger partial charge in [-0.1, -0.05) is 12.1 Å². The van der Waals surface area contributed by atoms with Crippen LogP contribution in [-0.4, -0.2) is 54.7 Å². The molecular formula is C15H19N3O3. The standard InChI is InChI=1S/C15H19N3O3/c1-16-9-10-18(12-6-3-2-5-11(12)16)15(21)17-8-4-7-13(17)14(19)20/h2-3,5-6,13H,4,7-10H2,1H3,(H,19,20). The zero-order valence-electron chi connectivity index (χ0n) is 12.0. The minimum absolute atomic E-state index is 0.194. The van der Waals surface area contributed by atoms with E-state index in [0.29, 0.717) is 19.5 Å². The van der Waals surface area contributed by atoms with E-state index in [0.717, 1.165) is 24.3 Å². The number of hydrogen-bond donors (Lipinski definition) is 1. The third-order valence-corrected chi connectivity index (χ3v) is 4.26. The highest BCUT2D eigenvalue weighted by atomic mass is 16.4. The Kier molecular flexibility index (Phi) is 3.45. The van der Waals surface area contributed by atoms with E-state index in [1.54, 1.807) is 4.90 Å². The molecule has 0 saturated carbocycles. The van der Waals surface area contributed by atoms with Gasteiger partial charge in [0.2, 0.25) is 0 Å². The smallest absolute Gasteiger partial charge is 0.326 e. The Balaban J connectivity index is 1.89. The minimum Gasteiger partial charge on any atom is -0.480 e. The Bertz CT molecular complexity index is 575. The zero-order chi connectivity index (χ0) is 15.0. The van der Waals surface area contributed by atoms with Gasteiger partial charge in [0.15, 0.2) is 0 Å². The Morgan fingerprint density at radius 2 is 1.86 bits per heavy atom. The number of amides is 2. The molecule has 0 aromatic heterocycles. The van der Waals surface area contributed by atoms with Crippen molar-refractivity contribution < 1.29 is 14.7 Å². The monoisotopic (exact) mass is 289 g/mol.